The van der Waals surface area contributed by atoms with E-state index in [4.69, 9.17) is 4.74 Å². The largest absolute Gasteiger partial charge is 0.462 e. The number of nitrogens with zero attached hydrogens (tertiary/aromatic N) is 1. The number of halogens is 1. The lowest BCUT2D eigenvalue weighted by Gasteiger charge is -2.05. The molecule has 0 atom stereocenters. The van der Waals surface area contributed by atoms with Crippen molar-refractivity contribution in [2.24, 2.45) is 0 Å². The second-order valence-electron chi connectivity index (χ2n) is 4.16. The molecule has 2 aromatic rings. The summed E-state index contributed by atoms with van der Waals surface area (Å²) < 4.78 is 5.56. The molecule has 1 aromatic carbocycles. The number of H-pyrrole nitrogens is 1. The summed E-state index contributed by atoms with van der Waals surface area (Å²) in [5.41, 5.74) is -0.497. The average molecular weight is 366 g/mol. The smallest absolute Gasteiger partial charge is 0.345 e. The Balaban J connectivity index is 2.15. The number of nitrogens with one attached hydrogen (secondary N) is 2. The van der Waals surface area contributed by atoms with E-state index in [-0.39, 0.29) is 18.1 Å². The van der Waals surface area contributed by atoms with Crippen LogP contribution in [0, 0.1) is 0 Å². The van der Waals surface area contributed by atoms with Crippen molar-refractivity contribution in [2.45, 2.75) is 6.92 Å². The summed E-state index contributed by atoms with van der Waals surface area (Å²) in [6.45, 7) is 1.78. The SMILES string of the molecule is CCOC(=O)c1cnc(NC(=O)c2ccc(Br)cc2)[nH]c1=O. The topological polar surface area (TPSA) is 101 Å². The van der Waals surface area contributed by atoms with E-state index in [1.165, 1.54) is 0 Å². The molecule has 7 nitrogen and oxygen atoms in total. The number of rotatable bonds is 4. The highest BCUT2D eigenvalue weighted by atomic mass is 79.9. The molecule has 1 amide bonds. The zero-order valence-electron chi connectivity index (χ0n) is 11.6. The summed E-state index contributed by atoms with van der Waals surface area (Å²) in [6.07, 6.45) is 1.06. The number of hydrogen-bond acceptors (Lipinski definition) is 5. The van der Waals surface area contributed by atoms with Crippen LogP contribution in [-0.4, -0.2) is 28.5 Å². The Kier molecular flexibility index (Phi) is 5.05. The van der Waals surface area contributed by atoms with Gasteiger partial charge in [-0.3, -0.25) is 19.9 Å². The molecule has 2 N–H and O–H groups in total. The molecular formula is C14H12BrN3O4. The Bertz CT molecular complexity index is 755. The molecule has 22 heavy (non-hydrogen) atoms. The minimum absolute atomic E-state index is 0.0500. The highest BCUT2D eigenvalue weighted by molar-refractivity contribution is 9.10. The van der Waals surface area contributed by atoms with Gasteiger partial charge in [-0.2, -0.15) is 0 Å². The van der Waals surface area contributed by atoms with Crippen molar-refractivity contribution in [1.29, 1.82) is 0 Å². The highest BCUT2D eigenvalue weighted by Gasteiger charge is 2.14. The van der Waals surface area contributed by atoms with E-state index in [0.29, 0.717) is 5.56 Å². The molecule has 0 radical (unpaired) electrons. The molecular weight excluding hydrogens is 354 g/mol. The van der Waals surface area contributed by atoms with Gasteiger partial charge in [0.25, 0.3) is 11.5 Å². The predicted molar refractivity (Wildman–Crippen MR) is 82.9 cm³/mol. The monoisotopic (exact) mass is 365 g/mol. The quantitative estimate of drug-likeness (QED) is 0.806. The number of esters is 1. The highest BCUT2D eigenvalue weighted by Crippen LogP contribution is 2.11. The summed E-state index contributed by atoms with van der Waals surface area (Å²) in [5, 5.41) is 2.44. The van der Waals surface area contributed by atoms with Crippen LogP contribution in [-0.2, 0) is 4.74 Å². The lowest BCUT2D eigenvalue weighted by Crippen LogP contribution is -2.23. The second kappa shape index (κ2) is 6.99. The lowest BCUT2D eigenvalue weighted by atomic mass is 10.2. The molecule has 114 valence electrons. The van der Waals surface area contributed by atoms with Gasteiger partial charge in [-0.05, 0) is 31.2 Å². The number of carbonyl (C=O) groups is 2. The van der Waals surface area contributed by atoms with Crippen LogP contribution in [0.4, 0.5) is 5.95 Å². The van der Waals surface area contributed by atoms with Crippen LogP contribution in [0.15, 0.2) is 39.7 Å². The maximum absolute atomic E-state index is 12.0. The van der Waals surface area contributed by atoms with E-state index >= 15 is 0 Å². The van der Waals surface area contributed by atoms with Crippen LogP contribution in [0.1, 0.15) is 27.6 Å². The standard InChI is InChI=1S/C14H12BrN3O4/c1-2-22-13(21)10-7-16-14(18-12(10)20)17-11(19)8-3-5-9(15)6-4-8/h3-7H,2H2,1H3,(H2,16,17,18,19,20). The van der Waals surface area contributed by atoms with Gasteiger partial charge in [0.2, 0.25) is 5.95 Å². The molecule has 2 rings (SSSR count). The molecule has 0 bridgehead atoms. The summed E-state index contributed by atoms with van der Waals surface area (Å²) >= 11 is 3.27. The van der Waals surface area contributed by atoms with E-state index < -0.39 is 17.4 Å². The van der Waals surface area contributed by atoms with Gasteiger partial charge in [0, 0.05) is 10.0 Å². The summed E-state index contributed by atoms with van der Waals surface area (Å²) in [4.78, 5) is 41.4. The van der Waals surface area contributed by atoms with Crippen molar-refractivity contribution in [3.63, 3.8) is 0 Å². The molecule has 0 aliphatic carbocycles. The Labute approximate surface area is 133 Å². The number of hydrogen-bond donors (Lipinski definition) is 2. The van der Waals surface area contributed by atoms with E-state index in [0.717, 1.165) is 10.7 Å². The van der Waals surface area contributed by atoms with Crippen LogP contribution in [0.3, 0.4) is 0 Å². The minimum atomic E-state index is -0.762. The number of amides is 1. The molecule has 1 aromatic heterocycles. The number of benzene rings is 1. The first-order chi connectivity index (χ1) is 10.5. The average Bonchev–Trinajstić information content (AvgIpc) is 2.48. The molecule has 0 aliphatic heterocycles. The zero-order valence-corrected chi connectivity index (χ0v) is 13.1. The lowest BCUT2D eigenvalue weighted by molar-refractivity contribution is 0.0523. The van der Waals surface area contributed by atoms with Gasteiger partial charge in [-0.1, -0.05) is 15.9 Å². The fraction of sp³-hybridized carbons (Fsp3) is 0.143. The second-order valence-corrected chi connectivity index (χ2v) is 5.07. The van der Waals surface area contributed by atoms with E-state index in [1.54, 1.807) is 31.2 Å². The maximum Gasteiger partial charge on any atom is 0.345 e. The number of ether oxygens (including phenoxy) is 1. The summed E-state index contributed by atoms with van der Waals surface area (Å²) in [7, 11) is 0. The van der Waals surface area contributed by atoms with Crippen LogP contribution < -0.4 is 10.9 Å². The first kappa shape index (κ1) is 15.9. The van der Waals surface area contributed by atoms with Crippen LogP contribution in [0.5, 0.6) is 0 Å². The fourth-order valence-corrected chi connectivity index (χ4v) is 1.86. The molecule has 0 aliphatic rings. The molecule has 0 spiro atoms. The third-order valence-electron chi connectivity index (χ3n) is 2.63. The number of carbonyl (C=O) groups excluding carboxylic acids is 2. The van der Waals surface area contributed by atoms with Crippen LogP contribution >= 0.6 is 15.9 Å². The van der Waals surface area contributed by atoms with Crippen molar-refractivity contribution in [3.8, 4) is 0 Å². The molecule has 8 heteroatoms. The molecule has 0 fully saturated rings. The van der Waals surface area contributed by atoms with Gasteiger partial charge in [-0.15, -0.1) is 0 Å². The predicted octanol–water partition coefficient (Wildman–Crippen LogP) is 1.96. The van der Waals surface area contributed by atoms with Gasteiger partial charge in [0.05, 0.1) is 12.8 Å². The van der Waals surface area contributed by atoms with Gasteiger partial charge in [-0.25, -0.2) is 9.78 Å². The fourth-order valence-electron chi connectivity index (χ4n) is 1.59. The summed E-state index contributed by atoms with van der Waals surface area (Å²) in [6, 6.07) is 6.67. The van der Waals surface area contributed by atoms with Gasteiger partial charge >= 0.3 is 5.97 Å². The van der Waals surface area contributed by atoms with Crippen molar-refractivity contribution in [3.05, 3.63) is 56.4 Å². The number of aromatic nitrogens is 2. The molecule has 0 saturated heterocycles. The molecule has 1 heterocycles. The minimum Gasteiger partial charge on any atom is -0.462 e. The third kappa shape index (κ3) is 3.79. The Morgan fingerprint density at radius 2 is 2.00 bits per heavy atom. The summed E-state index contributed by atoms with van der Waals surface area (Å²) in [5.74, 6) is -1.24. The molecule has 0 saturated carbocycles. The number of anilines is 1. The maximum atomic E-state index is 12.0. The van der Waals surface area contributed by atoms with Crippen LogP contribution in [0.2, 0.25) is 0 Å². The van der Waals surface area contributed by atoms with Crippen molar-refractivity contribution in [2.75, 3.05) is 11.9 Å². The van der Waals surface area contributed by atoms with Crippen molar-refractivity contribution >= 4 is 33.8 Å². The van der Waals surface area contributed by atoms with E-state index in [9.17, 15) is 14.4 Å². The van der Waals surface area contributed by atoms with Crippen molar-refractivity contribution in [1.82, 2.24) is 9.97 Å². The van der Waals surface area contributed by atoms with Gasteiger partial charge in [0.15, 0.2) is 0 Å². The van der Waals surface area contributed by atoms with E-state index in [1.807, 2.05) is 0 Å². The van der Waals surface area contributed by atoms with Crippen molar-refractivity contribution < 1.29 is 14.3 Å². The Morgan fingerprint density at radius 1 is 1.32 bits per heavy atom. The van der Waals surface area contributed by atoms with Gasteiger partial charge in [0.1, 0.15) is 5.56 Å². The first-order valence-corrected chi connectivity index (χ1v) is 7.14. The first-order valence-electron chi connectivity index (χ1n) is 6.34. The molecule has 0 unspecified atom stereocenters. The number of aromatic amines is 1. The zero-order chi connectivity index (χ0) is 16.1. The van der Waals surface area contributed by atoms with Gasteiger partial charge < -0.3 is 4.74 Å². The Morgan fingerprint density at radius 3 is 2.59 bits per heavy atom. The van der Waals surface area contributed by atoms with Crippen LogP contribution in [0.25, 0.3) is 0 Å². The van der Waals surface area contributed by atoms with E-state index in [2.05, 4.69) is 31.2 Å². The third-order valence-corrected chi connectivity index (χ3v) is 3.16. The normalized spacial score (nSPS) is 10.1. The Hall–Kier alpha value is -2.48.